The van der Waals surface area contributed by atoms with Crippen LogP contribution in [0.25, 0.3) is 0 Å². The molecule has 0 atom stereocenters. The maximum atomic E-state index is 10.8. The molecule has 0 aromatic heterocycles. The predicted molar refractivity (Wildman–Crippen MR) is 90.1 cm³/mol. The second-order valence-electron chi connectivity index (χ2n) is 4.66. The van der Waals surface area contributed by atoms with E-state index in [9.17, 15) is 4.79 Å². The summed E-state index contributed by atoms with van der Waals surface area (Å²) in [4.78, 5) is 10.8. The number of unbranched alkanes of at least 4 members (excludes halogenated alkanes) is 3. The lowest BCUT2D eigenvalue weighted by atomic mass is 10.2. The van der Waals surface area contributed by atoms with Gasteiger partial charge in [-0.1, -0.05) is 32.1 Å². The van der Waals surface area contributed by atoms with E-state index in [0.717, 1.165) is 38.0 Å². The first kappa shape index (κ1) is 21.8. The Balaban J connectivity index is 0. The Kier molecular flexibility index (Phi) is 17.2. The van der Waals surface area contributed by atoms with Crippen LogP contribution in [0.1, 0.15) is 60.3 Å². The molecule has 0 aliphatic rings. The van der Waals surface area contributed by atoms with Crippen molar-refractivity contribution in [3.8, 4) is 0 Å². The average molecular weight is 296 g/mol. The zero-order chi connectivity index (χ0) is 16.5. The van der Waals surface area contributed by atoms with Gasteiger partial charge in [0.15, 0.2) is 0 Å². The van der Waals surface area contributed by atoms with Crippen molar-refractivity contribution in [1.29, 1.82) is 0 Å². The largest absolute Gasteiger partial charge is 0.498 e. The van der Waals surface area contributed by atoms with Gasteiger partial charge in [-0.3, -0.25) is 0 Å². The molecule has 0 fully saturated rings. The number of rotatable bonds is 10. The van der Waals surface area contributed by atoms with E-state index >= 15 is 0 Å². The van der Waals surface area contributed by atoms with Gasteiger partial charge >= 0.3 is 5.97 Å². The van der Waals surface area contributed by atoms with Crippen LogP contribution in [0, 0.1) is 0 Å². The van der Waals surface area contributed by atoms with Crippen molar-refractivity contribution in [1.82, 2.24) is 0 Å². The van der Waals surface area contributed by atoms with Crippen molar-refractivity contribution >= 4 is 5.97 Å². The molecule has 0 spiro atoms. The molecule has 3 nitrogen and oxygen atoms in total. The summed E-state index contributed by atoms with van der Waals surface area (Å²) in [6, 6.07) is 0. The summed E-state index contributed by atoms with van der Waals surface area (Å²) in [6.45, 7) is 14.6. The van der Waals surface area contributed by atoms with Crippen molar-refractivity contribution in [3.63, 3.8) is 0 Å². The van der Waals surface area contributed by atoms with Gasteiger partial charge in [0.05, 0.1) is 19.0 Å². The normalized spacial score (nSPS) is 10.0. The molecular formula is C18H32O3. The fourth-order valence-corrected chi connectivity index (χ4v) is 1.35. The maximum Gasteiger partial charge on any atom is 0.330 e. The highest BCUT2D eigenvalue weighted by Gasteiger charge is 1.96. The van der Waals surface area contributed by atoms with E-state index < -0.39 is 0 Å². The molecule has 0 heterocycles. The molecule has 0 saturated heterocycles. The van der Waals surface area contributed by atoms with Crippen molar-refractivity contribution in [3.05, 3.63) is 36.1 Å². The summed E-state index contributed by atoms with van der Waals surface area (Å²) in [5.41, 5.74) is 1.26. The maximum absolute atomic E-state index is 10.8. The highest BCUT2D eigenvalue weighted by molar-refractivity contribution is 5.81. The molecular weight excluding hydrogens is 264 g/mol. The van der Waals surface area contributed by atoms with Crippen LogP contribution in [0.2, 0.25) is 0 Å². The number of carbonyl (C=O) groups is 1. The van der Waals surface area contributed by atoms with E-state index in [1.54, 1.807) is 0 Å². The first-order valence-electron chi connectivity index (χ1n) is 7.80. The van der Waals surface area contributed by atoms with E-state index in [0.29, 0.717) is 6.61 Å². The lowest BCUT2D eigenvalue weighted by Crippen LogP contribution is -2.01. The Labute approximate surface area is 130 Å². The van der Waals surface area contributed by atoms with E-state index in [1.807, 2.05) is 32.9 Å². The minimum atomic E-state index is -0.344. The lowest BCUT2D eigenvalue weighted by molar-refractivity contribution is -0.137. The van der Waals surface area contributed by atoms with Gasteiger partial charge in [-0.05, 0) is 52.5 Å². The summed E-state index contributed by atoms with van der Waals surface area (Å²) in [5.74, 6) is 0.601. The molecule has 0 rings (SSSR count). The molecule has 122 valence electrons. The van der Waals surface area contributed by atoms with E-state index in [1.165, 1.54) is 11.6 Å². The SMILES string of the molecule is C=CC(=O)OCCCCCCO/C(C)=C/C=C(C)C.CC. The number of ether oxygens (including phenoxy) is 2. The summed E-state index contributed by atoms with van der Waals surface area (Å²) in [6.07, 6.45) is 9.27. The van der Waals surface area contributed by atoms with Crippen molar-refractivity contribution in [2.45, 2.75) is 60.3 Å². The molecule has 0 aromatic rings. The van der Waals surface area contributed by atoms with E-state index in [2.05, 4.69) is 20.4 Å². The number of hydrogen-bond acceptors (Lipinski definition) is 3. The molecule has 3 heteroatoms. The third kappa shape index (κ3) is 18.5. The molecule has 21 heavy (non-hydrogen) atoms. The Morgan fingerprint density at radius 2 is 1.43 bits per heavy atom. The highest BCUT2D eigenvalue weighted by Crippen LogP contribution is 2.04. The highest BCUT2D eigenvalue weighted by atomic mass is 16.5. The first-order chi connectivity index (χ1) is 10.1. The number of hydrogen-bond donors (Lipinski definition) is 0. The molecule has 0 aliphatic heterocycles. The smallest absolute Gasteiger partial charge is 0.330 e. The monoisotopic (exact) mass is 296 g/mol. The minimum absolute atomic E-state index is 0.344. The van der Waals surface area contributed by atoms with Crippen LogP contribution in [0.3, 0.4) is 0 Å². The first-order valence-corrected chi connectivity index (χ1v) is 7.80. The fourth-order valence-electron chi connectivity index (χ4n) is 1.35. The van der Waals surface area contributed by atoms with E-state index in [-0.39, 0.29) is 5.97 Å². The number of carbonyl (C=O) groups excluding carboxylic acids is 1. The third-order valence-corrected chi connectivity index (χ3v) is 2.43. The second-order valence-corrected chi connectivity index (χ2v) is 4.66. The third-order valence-electron chi connectivity index (χ3n) is 2.43. The molecule has 0 N–H and O–H groups in total. The Morgan fingerprint density at radius 1 is 0.905 bits per heavy atom. The molecule has 0 aromatic carbocycles. The quantitative estimate of drug-likeness (QED) is 0.183. The summed E-state index contributed by atoms with van der Waals surface area (Å²) >= 11 is 0. The van der Waals surface area contributed by atoms with Gasteiger partial charge in [0, 0.05) is 6.08 Å². The van der Waals surface area contributed by atoms with Gasteiger partial charge in [-0.25, -0.2) is 4.79 Å². The Hall–Kier alpha value is -1.51. The van der Waals surface area contributed by atoms with E-state index in [4.69, 9.17) is 9.47 Å². The topological polar surface area (TPSA) is 35.5 Å². The van der Waals surface area contributed by atoms with Gasteiger partial charge in [-0.15, -0.1) is 0 Å². The van der Waals surface area contributed by atoms with Crippen molar-refractivity contribution < 1.29 is 14.3 Å². The summed E-state index contributed by atoms with van der Waals surface area (Å²) < 4.78 is 10.5. The molecule has 0 bridgehead atoms. The van der Waals surface area contributed by atoms with Gasteiger partial charge in [0.1, 0.15) is 0 Å². The van der Waals surface area contributed by atoms with Gasteiger partial charge in [-0.2, -0.15) is 0 Å². The van der Waals surface area contributed by atoms with Crippen LogP contribution in [0.15, 0.2) is 36.1 Å². The standard InChI is InChI=1S/C16H26O3.C2H6/c1-5-16(17)19-13-9-7-6-8-12-18-15(4)11-10-14(2)3;1-2/h5,10-11H,1,6-9,12-13H2,2-4H3;1-2H3/b15-11+;. The van der Waals surface area contributed by atoms with Crippen LogP contribution in [-0.2, 0) is 14.3 Å². The van der Waals surface area contributed by atoms with Gasteiger partial charge in [0.25, 0.3) is 0 Å². The molecule has 0 radical (unpaired) electrons. The zero-order valence-electron chi connectivity index (χ0n) is 14.4. The molecule has 0 saturated carbocycles. The van der Waals surface area contributed by atoms with Crippen LogP contribution in [0.5, 0.6) is 0 Å². The van der Waals surface area contributed by atoms with Crippen LogP contribution < -0.4 is 0 Å². The lowest BCUT2D eigenvalue weighted by Gasteiger charge is -2.06. The van der Waals surface area contributed by atoms with Gasteiger partial charge < -0.3 is 9.47 Å². The average Bonchev–Trinajstić information content (AvgIpc) is 2.49. The Morgan fingerprint density at radius 3 is 1.90 bits per heavy atom. The van der Waals surface area contributed by atoms with Gasteiger partial charge in [0.2, 0.25) is 0 Å². The minimum Gasteiger partial charge on any atom is -0.498 e. The van der Waals surface area contributed by atoms with Crippen molar-refractivity contribution in [2.75, 3.05) is 13.2 Å². The summed E-state index contributed by atoms with van der Waals surface area (Å²) in [5, 5.41) is 0. The number of allylic oxidation sites excluding steroid dienone is 4. The van der Waals surface area contributed by atoms with Crippen LogP contribution in [0.4, 0.5) is 0 Å². The summed E-state index contributed by atoms with van der Waals surface area (Å²) in [7, 11) is 0. The van der Waals surface area contributed by atoms with Crippen LogP contribution in [-0.4, -0.2) is 19.2 Å². The van der Waals surface area contributed by atoms with Crippen LogP contribution >= 0.6 is 0 Å². The van der Waals surface area contributed by atoms with Crippen molar-refractivity contribution in [2.24, 2.45) is 0 Å². The zero-order valence-corrected chi connectivity index (χ0v) is 14.4. The number of esters is 1. The molecule has 0 amide bonds. The fraction of sp³-hybridized carbons (Fsp3) is 0.611. The Bertz CT molecular complexity index is 323. The predicted octanol–water partition coefficient (Wildman–Crippen LogP) is 5.19. The molecule has 0 aliphatic carbocycles. The molecule has 0 unspecified atom stereocenters. The second kappa shape index (κ2) is 16.5.